The number of hydrogen-bond acceptors (Lipinski definition) is 5. The van der Waals surface area contributed by atoms with E-state index in [4.69, 9.17) is 9.26 Å². The van der Waals surface area contributed by atoms with Gasteiger partial charge >= 0.3 is 6.03 Å². The molecule has 7 nitrogen and oxygen atoms in total. The summed E-state index contributed by atoms with van der Waals surface area (Å²) < 4.78 is 24.2. The van der Waals surface area contributed by atoms with Gasteiger partial charge in [0, 0.05) is 25.6 Å². The predicted octanol–water partition coefficient (Wildman–Crippen LogP) is 3.72. The van der Waals surface area contributed by atoms with Crippen molar-refractivity contribution >= 4 is 6.03 Å². The van der Waals surface area contributed by atoms with Crippen LogP contribution in [-0.4, -0.2) is 40.7 Å². The number of halogens is 1. The maximum absolute atomic E-state index is 13.6. The average molecular weight is 390 g/mol. The third kappa shape index (κ3) is 5.43. The number of hydrogen-bond donors (Lipinski definition) is 1. The average Bonchev–Trinajstić information content (AvgIpc) is 3.16. The molecular formula is C20H27FN4O3. The summed E-state index contributed by atoms with van der Waals surface area (Å²) in [6.07, 6.45) is 2.74. The van der Waals surface area contributed by atoms with E-state index in [9.17, 15) is 9.18 Å². The molecule has 1 atom stereocenters. The van der Waals surface area contributed by atoms with Gasteiger partial charge < -0.3 is 19.5 Å². The number of likely N-dealkylation sites (tertiary alicyclic amines) is 1. The van der Waals surface area contributed by atoms with Crippen LogP contribution in [0.3, 0.4) is 0 Å². The number of benzene rings is 1. The second kappa shape index (κ2) is 9.52. The van der Waals surface area contributed by atoms with Gasteiger partial charge in [-0.2, -0.15) is 4.98 Å². The maximum atomic E-state index is 13.6. The van der Waals surface area contributed by atoms with E-state index in [0.717, 1.165) is 25.8 Å². The summed E-state index contributed by atoms with van der Waals surface area (Å²) >= 11 is 0. The van der Waals surface area contributed by atoms with Crippen LogP contribution in [-0.2, 0) is 6.61 Å². The molecule has 0 aliphatic carbocycles. The third-order valence-electron chi connectivity index (χ3n) is 4.74. The number of nitrogens with zero attached hydrogens (tertiary/aromatic N) is 3. The van der Waals surface area contributed by atoms with E-state index < -0.39 is 5.82 Å². The van der Waals surface area contributed by atoms with Gasteiger partial charge in [-0.25, -0.2) is 9.18 Å². The highest BCUT2D eigenvalue weighted by molar-refractivity contribution is 5.74. The summed E-state index contributed by atoms with van der Waals surface area (Å²) in [7, 11) is 0. The van der Waals surface area contributed by atoms with Crippen molar-refractivity contribution in [3.63, 3.8) is 0 Å². The Kier molecular flexibility index (Phi) is 6.84. The number of rotatable bonds is 7. The molecule has 1 N–H and O–H groups in total. The largest absolute Gasteiger partial charge is 0.481 e. The minimum atomic E-state index is -0.436. The van der Waals surface area contributed by atoms with E-state index in [-0.39, 0.29) is 30.2 Å². The molecule has 0 spiro atoms. The van der Waals surface area contributed by atoms with Crippen molar-refractivity contribution in [1.82, 2.24) is 20.4 Å². The number of nitrogens with one attached hydrogen (secondary N) is 1. The number of carbonyl (C=O) groups excluding carboxylic acids is 1. The van der Waals surface area contributed by atoms with Gasteiger partial charge in [0.05, 0.1) is 0 Å². The van der Waals surface area contributed by atoms with E-state index in [2.05, 4.69) is 29.3 Å². The Bertz CT molecular complexity index is 780. The molecule has 1 aromatic carbocycles. The van der Waals surface area contributed by atoms with Gasteiger partial charge in [0.2, 0.25) is 0 Å². The molecule has 1 unspecified atom stereocenters. The molecule has 152 valence electrons. The Balaban J connectivity index is 1.52. The van der Waals surface area contributed by atoms with Gasteiger partial charge in [0.15, 0.2) is 24.0 Å². The van der Waals surface area contributed by atoms with E-state index in [1.807, 2.05) is 0 Å². The lowest BCUT2D eigenvalue weighted by molar-refractivity contribution is 0.177. The number of ether oxygens (including phenoxy) is 1. The second-order valence-electron chi connectivity index (χ2n) is 7.47. The molecule has 0 saturated carbocycles. The fourth-order valence-corrected chi connectivity index (χ4v) is 3.15. The molecule has 1 aliphatic heterocycles. The fourth-order valence-electron chi connectivity index (χ4n) is 3.15. The van der Waals surface area contributed by atoms with Gasteiger partial charge in [-0.3, -0.25) is 0 Å². The molecule has 1 fully saturated rings. The molecule has 28 heavy (non-hydrogen) atoms. The summed E-state index contributed by atoms with van der Waals surface area (Å²) in [5, 5.41) is 7.01. The molecule has 1 saturated heterocycles. The van der Waals surface area contributed by atoms with Crippen molar-refractivity contribution in [3.8, 4) is 5.75 Å². The Labute approximate surface area is 164 Å². The van der Waals surface area contributed by atoms with Crippen molar-refractivity contribution in [1.29, 1.82) is 0 Å². The van der Waals surface area contributed by atoms with Crippen LogP contribution in [0.4, 0.5) is 9.18 Å². The van der Waals surface area contributed by atoms with Crippen molar-refractivity contribution in [2.75, 3.05) is 19.6 Å². The first-order valence-electron chi connectivity index (χ1n) is 9.75. The lowest BCUT2D eigenvalue weighted by Crippen LogP contribution is -2.45. The highest BCUT2D eigenvalue weighted by Crippen LogP contribution is 2.25. The topological polar surface area (TPSA) is 80.5 Å². The van der Waals surface area contributed by atoms with Gasteiger partial charge in [-0.05, 0) is 37.3 Å². The lowest BCUT2D eigenvalue weighted by Gasteiger charge is -2.31. The van der Waals surface area contributed by atoms with Crippen molar-refractivity contribution in [2.45, 2.75) is 45.6 Å². The van der Waals surface area contributed by atoms with E-state index in [1.165, 1.54) is 6.07 Å². The highest BCUT2D eigenvalue weighted by Gasteiger charge is 2.28. The summed E-state index contributed by atoms with van der Waals surface area (Å²) in [5.41, 5.74) is 0. The first kappa shape index (κ1) is 20.1. The quantitative estimate of drug-likeness (QED) is 0.779. The van der Waals surface area contributed by atoms with Gasteiger partial charge in [0.1, 0.15) is 0 Å². The molecule has 0 bridgehead atoms. The van der Waals surface area contributed by atoms with Crippen LogP contribution in [0, 0.1) is 11.7 Å². The second-order valence-corrected chi connectivity index (χ2v) is 7.47. The Morgan fingerprint density at radius 1 is 1.43 bits per heavy atom. The molecular weight excluding hydrogens is 363 g/mol. The number of amides is 2. The van der Waals surface area contributed by atoms with Crippen molar-refractivity contribution < 1.29 is 18.4 Å². The Morgan fingerprint density at radius 2 is 2.25 bits per heavy atom. The van der Waals surface area contributed by atoms with Crippen LogP contribution in [0.2, 0.25) is 0 Å². The van der Waals surface area contributed by atoms with Crippen LogP contribution < -0.4 is 10.1 Å². The van der Waals surface area contributed by atoms with E-state index in [0.29, 0.717) is 24.8 Å². The van der Waals surface area contributed by atoms with Crippen molar-refractivity contribution in [2.24, 2.45) is 5.92 Å². The number of aromatic nitrogens is 2. The molecule has 0 radical (unpaired) electrons. The van der Waals surface area contributed by atoms with Crippen LogP contribution in [0.5, 0.6) is 5.75 Å². The van der Waals surface area contributed by atoms with Crippen LogP contribution in [0.15, 0.2) is 28.8 Å². The number of piperidine rings is 1. The van der Waals surface area contributed by atoms with Gasteiger partial charge in [0.25, 0.3) is 5.89 Å². The highest BCUT2D eigenvalue weighted by atomic mass is 19.1. The summed E-state index contributed by atoms with van der Waals surface area (Å²) in [5.74, 6) is 1.13. The predicted molar refractivity (Wildman–Crippen MR) is 101 cm³/mol. The molecule has 1 aliphatic rings. The minimum Gasteiger partial charge on any atom is -0.481 e. The monoisotopic (exact) mass is 390 g/mol. The van der Waals surface area contributed by atoms with Crippen LogP contribution in [0.1, 0.15) is 50.7 Å². The molecule has 1 aromatic heterocycles. The Hall–Kier alpha value is -2.64. The smallest absolute Gasteiger partial charge is 0.317 e. The molecule has 8 heteroatoms. The van der Waals surface area contributed by atoms with Gasteiger partial charge in [-0.15, -0.1) is 0 Å². The maximum Gasteiger partial charge on any atom is 0.317 e. The Morgan fingerprint density at radius 3 is 3.04 bits per heavy atom. The van der Waals surface area contributed by atoms with Crippen molar-refractivity contribution in [3.05, 3.63) is 41.8 Å². The zero-order valence-corrected chi connectivity index (χ0v) is 16.4. The number of carbonyl (C=O) groups is 1. The number of urea groups is 1. The van der Waals surface area contributed by atoms with Gasteiger partial charge in [-0.1, -0.05) is 31.1 Å². The van der Waals surface area contributed by atoms with E-state index >= 15 is 0 Å². The zero-order valence-electron chi connectivity index (χ0n) is 16.4. The standard InChI is InChI=1S/C20H27FN4O3/c1-14(2)9-10-22-20(26)25-11-5-6-15(12-25)19-23-18(28-24-19)13-27-17-8-4-3-7-16(17)21/h3-4,7-8,14-15H,5-6,9-13H2,1-2H3,(H,22,26). The number of para-hydroxylation sites is 1. The summed E-state index contributed by atoms with van der Waals surface area (Å²) in [6, 6.07) is 6.12. The minimum absolute atomic E-state index is 0.0000555. The summed E-state index contributed by atoms with van der Waals surface area (Å²) in [6.45, 7) is 6.23. The lowest BCUT2D eigenvalue weighted by atomic mass is 9.98. The molecule has 2 aromatic rings. The van der Waals surface area contributed by atoms with E-state index in [1.54, 1.807) is 23.1 Å². The summed E-state index contributed by atoms with van der Waals surface area (Å²) in [4.78, 5) is 18.5. The molecule has 2 heterocycles. The van der Waals surface area contributed by atoms with Crippen LogP contribution in [0.25, 0.3) is 0 Å². The SMILES string of the molecule is CC(C)CCNC(=O)N1CCCC(c2noc(COc3ccccc3F)n2)C1. The van der Waals surface area contributed by atoms with Crippen LogP contribution >= 0.6 is 0 Å². The molecule has 2 amide bonds. The third-order valence-corrected chi connectivity index (χ3v) is 4.74. The fraction of sp³-hybridized carbons (Fsp3) is 0.550. The zero-order chi connectivity index (χ0) is 19.9. The first-order valence-corrected chi connectivity index (χ1v) is 9.75. The first-order chi connectivity index (χ1) is 13.5. The molecule has 3 rings (SSSR count). The normalized spacial score (nSPS) is 17.0.